The number of carboxylic acid groups (broad SMARTS) is 1. The molecular formula is C20H25NO2. The van der Waals surface area contributed by atoms with Crippen molar-refractivity contribution in [2.45, 2.75) is 57.9 Å². The van der Waals surface area contributed by atoms with Gasteiger partial charge in [-0.1, -0.05) is 30.3 Å². The molecule has 1 aromatic heterocycles. The number of aromatic nitrogens is 1. The first-order chi connectivity index (χ1) is 11.2. The predicted molar refractivity (Wildman–Crippen MR) is 91.8 cm³/mol. The zero-order chi connectivity index (χ0) is 16.1. The van der Waals surface area contributed by atoms with Crippen LogP contribution in [-0.4, -0.2) is 15.6 Å². The third-order valence-corrected chi connectivity index (χ3v) is 4.75. The van der Waals surface area contributed by atoms with Crippen LogP contribution in [-0.2, 0) is 30.6 Å². The molecule has 1 aromatic carbocycles. The molecule has 1 N–H and O–H groups in total. The molecule has 0 saturated carbocycles. The normalized spacial score (nSPS) is 13.7. The van der Waals surface area contributed by atoms with Gasteiger partial charge in [-0.3, -0.25) is 4.79 Å². The summed E-state index contributed by atoms with van der Waals surface area (Å²) in [7, 11) is 0. The van der Waals surface area contributed by atoms with Gasteiger partial charge >= 0.3 is 5.97 Å². The van der Waals surface area contributed by atoms with Gasteiger partial charge < -0.3 is 9.67 Å². The van der Waals surface area contributed by atoms with Crippen LogP contribution in [0.15, 0.2) is 36.4 Å². The number of benzene rings is 1. The Morgan fingerprint density at radius 2 is 1.87 bits per heavy atom. The molecule has 0 aliphatic heterocycles. The summed E-state index contributed by atoms with van der Waals surface area (Å²) < 4.78 is 2.49. The predicted octanol–water partition coefficient (Wildman–Crippen LogP) is 4.21. The van der Waals surface area contributed by atoms with Crippen LogP contribution in [0.25, 0.3) is 0 Å². The van der Waals surface area contributed by atoms with E-state index in [-0.39, 0.29) is 6.42 Å². The summed E-state index contributed by atoms with van der Waals surface area (Å²) in [5.41, 5.74) is 5.74. The lowest BCUT2D eigenvalue weighted by molar-refractivity contribution is -0.137. The van der Waals surface area contributed by atoms with Crippen molar-refractivity contribution in [1.82, 2.24) is 4.57 Å². The third-order valence-electron chi connectivity index (χ3n) is 4.75. The fourth-order valence-corrected chi connectivity index (χ4v) is 3.58. The Kier molecular flexibility index (Phi) is 5.16. The van der Waals surface area contributed by atoms with Crippen LogP contribution in [0.4, 0.5) is 0 Å². The van der Waals surface area contributed by atoms with Crippen molar-refractivity contribution >= 4 is 5.97 Å². The lowest BCUT2D eigenvalue weighted by atomic mass is 9.98. The highest BCUT2D eigenvalue weighted by Crippen LogP contribution is 2.27. The minimum Gasteiger partial charge on any atom is -0.481 e. The average molecular weight is 311 g/mol. The van der Waals surface area contributed by atoms with Gasteiger partial charge in [0, 0.05) is 24.4 Å². The van der Waals surface area contributed by atoms with E-state index in [1.54, 1.807) is 0 Å². The van der Waals surface area contributed by atoms with Gasteiger partial charge in [-0.2, -0.15) is 0 Å². The summed E-state index contributed by atoms with van der Waals surface area (Å²) >= 11 is 0. The minimum absolute atomic E-state index is 0.277. The van der Waals surface area contributed by atoms with Crippen molar-refractivity contribution in [2.75, 3.05) is 0 Å². The molecule has 1 heterocycles. The van der Waals surface area contributed by atoms with Crippen LogP contribution in [0.5, 0.6) is 0 Å². The first-order valence-corrected chi connectivity index (χ1v) is 8.70. The van der Waals surface area contributed by atoms with E-state index in [1.165, 1.54) is 48.2 Å². The van der Waals surface area contributed by atoms with Gasteiger partial charge in [0.15, 0.2) is 0 Å². The molecule has 0 spiro atoms. The molecule has 0 saturated heterocycles. The maximum atomic E-state index is 10.7. The molecule has 23 heavy (non-hydrogen) atoms. The number of aliphatic carboxylic acids is 1. The first-order valence-electron chi connectivity index (χ1n) is 8.70. The highest BCUT2D eigenvalue weighted by atomic mass is 16.4. The fourth-order valence-electron chi connectivity index (χ4n) is 3.58. The van der Waals surface area contributed by atoms with Gasteiger partial charge in [-0.15, -0.1) is 0 Å². The second-order valence-corrected chi connectivity index (χ2v) is 6.49. The number of unbranched alkanes of at least 4 members (excludes halogenated alkanes) is 1. The van der Waals surface area contributed by atoms with Gasteiger partial charge in [0.05, 0.1) is 0 Å². The number of nitrogens with zero attached hydrogens (tertiary/aromatic N) is 1. The van der Waals surface area contributed by atoms with E-state index in [1.807, 2.05) is 0 Å². The highest BCUT2D eigenvalue weighted by molar-refractivity contribution is 5.66. The molecule has 0 atom stereocenters. The van der Waals surface area contributed by atoms with E-state index < -0.39 is 5.97 Å². The lowest BCUT2D eigenvalue weighted by Crippen LogP contribution is -2.11. The zero-order valence-corrected chi connectivity index (χ0v) is 13.6. The Morgan fingerprint density at radius 1 is 1.09 bits per heavy atom. The van der Waals surface area contributed by atoms with Crippen molar-refractivity contribution in [1.29, 1.82) is 0 Å². The van der Waals surface area contributed by atoms with Gasteiger partial charge in [-0.25, -0.2) is 0 Å². The van der Waals surface area contributed by atoms with Crippen LogP contribution < -0.4 is 0 Å². The van der Waals surface area contributed by atoms with Crippen LogP contribution in [0.2, 0.25) is 0 Å². The number of aryl methyl sites for hydroxylation is 2. The molecule has 0 fully saturated rings. The van der Waals surface area contributed by atoms with E-state index in [2.05, 4.69) is 41.0 Å². The second-order valence-electron chi connectivity index (χ2n) is 6.49. The number of carbonyl (C=O) groups is 1. The molecule has 3 heteroatoms. The third kappa shape index (κ3) is 4.04. The van der Waals surface area contributed by atoms with Crippen molar-refractivity contribution in [3.05, 3.63) is 58.9 Å². The van der Waals surface area contributed by atoms with Gasteiger partial charge in [0.1, 0.15) is 0 Å². The molecule has 0 unspecified atom stereocenters. The summed E-state index contributed by atoms with van der Waals surface area (Å²) in [6, 6.07) is 13.0. The maximum absolute atomic E-state index is 10.7. The Balaban J connectivity index is 1.77. The number of hydrogen-bond donors (Lipinski definition) is 1. The summed E-state index contributed by atoms with van der Waals surface area (Å²) in [4.78, 5) is 10.7. The van der Waals surface area contributed by atoms with Crippen LogP contribution >= 0.6 is 0 Å². The molecule has 0 amide bonds. The zero-order valence-electron chi connectivity index (χ0n) is 13.6. The van der Waals surface area contributed by atoms with E-state index >= 15 is 0 Å². The fraction of sp³-hybridized carbons (Fsp3) is 0.450. The SMILES string of the molecule is O=C(O)CCCCc1cc2c(n1Cc1ccccc1)CCCC2. The second kappa shape index (κ2) is 7.49. The van der Waals surface area contributed by atoms with Crippen LogP contribution in [0, 0.1) is 0 Å². The van der Waals surface area contributed by atoms with E-state index in [4.69, 9.17) is 5.11 Å². The molecule has 3 nitrogen and oxygen atoms in total. The quantitative estimate of drug-likeness (QED) is 0.778. The molecule has 2 aromatic rings. The summed E-state index contributed by atoms with van der Waals surface area (Å²) in [5, 5.41) is 8.79. The molecule has 1 aliphatic rings. The smallest absolute Gasteiger partial charge is 0.303 e. The molecule has 122 valence electrons. The lowest BCUT2D eigenvalue weighted by Gasteiger charge is -2.17. The monoisotopic (exact) mass is 311 g/mol. The summed E-state index contributed by atoms with van der Waals surface area (Å²) in [5.74, 6) is -0.691. The summed E-state index contributed by atoms with van der Waals surface area (Å²) in [6.07, 6.45) is 7.91. The molecular weight excluding hydrogens is 286 g/mol. The Hall–Kier alpha value is -2.03. The van der Waals surface area contributed by atoms with Crippen LogP contribution in [0.1, 0.15) is 54.6 Å². The maximum Gasteiger partial charge on any atom is 0.303 e. The topological polar surface area (TPSA) is 42.2 Å². The molecule has 3 rings (SSSR count). The molecule has 0 bridgehead atoms. The Labute approximate surface area is 138 Å². The van der Waals surface area contributed by atoms with Gasteiger partial charge in [-0.05, 0) is 62.1 Å². The number of rotatable bonds is 7. The minimum atomic E-state index is -0.691. The van der Waals surface area contributed by atoms with Gasteiger partial charge in [0.25, 0.3) is 0 Å². The van der Waals surface area contributed by atoms with Crippen LogP contribution in [0.3, 0.4) is 0 Å². The summed E-state index contributed by atoms with van der Waals surface area (Å²) in [6.45, 7) is 0.935. The number of carboxylic acids is 1. The Morgan fingerprint density at radius 3 is 2.65 bits per heavy atom. The number of fused-ring (bicyclic) bond motifs is 1. The molecule has 1 aliphatic carbocycles. The molecule has 0 radical (unpaired) electrons. The highest BCUT2D eigenvalue weighted by Gasteiger charge is 2.18. The van der Waals surface area contributed by atoms with E-state index in [0.717, 1.165) is 25.8 Å². The standard InChI is InChI=1S/C20H25NO2/c22-20(23)13-7-5-11-18-14-17-10-4-6-12-19(17)21(18)15-16-8-2-1-3-9-16/h1-3,8-9,14H,4-7,10-13,15H2,(H,22,23). The van der Waals surface area contributed by atoms with Crippen molar-refractivity contribution in [2.24, 2.45) is 0 Å². The van der Waals surface area contributed by atoms with Crippen molar-refractivity contribution in [3.8, 4) is 0 Å². The van der Waals surface area contributed by atoms with Crippen molar-refractivity contribution < 1.29 is 9.90 Å². The number of hydrogen-bond acceptors (Lipinski definition) is 1. The van der Waals surface area contributed by atoms with Gasteiger partial charge in [0.2, 0.25) is 0 Å². The van der Waals surface area contributed by atoms with Crippen molar-refractivity contribution in [3.63, 3.8) is 0 Å². The van der Waals surface area contributed by atoms with E-state index in [9.17, 15) is 4.79 Å². The first kappa shape index (κ1) is 15.9. The average Bonchev–Trinajstić information content (AvgIpc) is 2.90. The Bertz CT molecular complexity index is 658. The largest absolute Gasteiger partial charge is 0.481 e. The van der Waals surface area contributed by atoms with E-state index in [0.29, 0.717) is 0 Å².